The Bertz CT molecular complexity index is 774. The number of amides is 2. The predicted octanol–water partition coefficient (Wildman–Crippen LogP) is 1.32. The maximum Gasteiger partial charge on any atom is 0.251 e. The van der Waals surface area contributed by atoms with Gasteiger partial charge in [-0.15, -0.1) is 0 Å². The summed E-state index contributed by atoms with van der Waals surface area (Å²) in [6, 6.07) is 4.23. The average molecular weight is 373 g/mol. The van der Waals surface area contributed by atoms with E-state index in [0.29, 0.717) is 17.5 Å². The van der Waals surface area contributed by atoms with E-state index < -0.39 is 15.9 Å². The second kappa shape index (κ2) is 6.70. The third-order valence-electron chi connectivity index (χ3n) is 4.02. The summed E-state index contributed by atoms with van der Waals surface area (Å²) in [6.07, 6.45) is 1.78. The summed E-state index contributed by atoms with van der Waals surface area (Å²) in [7, 11) is -3.73. The molecule has 1 N–H and O–H groups in total. The molecule has 2 saturated heterocycles. The van der Waals surface area contributed by atoms with Crippen LogP contribution in [0.1, 0.15) is 29.6 Å². The molecule has 2 aliphatic heterocycles. The van der Waals surface area contributed by atoms with E-state index in [1.54, 1.807) is 0 Å². The quantitative estimate of drug-likeness (QED) is 0.860. The van der Waals surface area contributed by atoms with Crippen molar-refractivity contribution in [3.63, 3.8) is 0 Å². The van der Waals surface area contributed by atoms with Gasteiger partial charge in [-0.25, -0.2) is 12.7 Å². The summed E-state index contributed by atoms with van der Waals surface area (Å²) in [5.41, 5.74) is 0.256. The summed E-state index contributed by atoms with van der Waals surface area (Å²) in [4.78, 5) is 24.2. The van der Waals surface area contributed by atoms with Crippen molar-refractivity contribution in [3.05, 3.63) is 28.8 Å². The molecule has 0 aromatic heterocycles. The average Bonchev–Trinajstić information content (AvgIpc) is 3.14. The SMILES string of the molecule is O=C(NCC1CCCO1)c1ccc(Cl)c(N2C(=O)CCS2(=O)=O)c1. The molecule has 2 aliphatic rings. The van der Waals surface area contributed by atoms with E-state index >= 15 is 0 Å². The number of anilines is 1. The molecule has 0 bridgehead atoms. The highest BCUT2D eigenvalue weighted by Gasteiger charge is 2.37. The normalized spacial score (nSPS) is 22.8. The molecule has 1 atom stereocenters. The van der Waals surface area contributed by atoms with Crippen LogP contribution in [0.25, 0.3) is 0 Å². The Morgan fingerprint density at radius 2 is 2.21 bits per heavy atom. The summed E-state index contributed by atoms with van der Waals surface area (Å²) in [6.45, 7) is 1.08. The smallest absolute Gasteiger partial charge is 0.251 e. The molecule has 0 radical (unpaired) electrons. The zero-order chi connectivity index (χ0) is 17.3. The number of ether oxygens (including phenoxy) is 1. The van der Waals surface area contributed by atoms with Gasteiger partial charge in [0.2, 0.25) is 15.9 Å². The van der Waals surface area contributed by atoms with Crippen molar-refractivity contribution in [1.82, 2.24) is 5.32 Å². The highest BCUT2D eigenvalue weighted by molar-refractivity contribution is 7.94. The highest BCUT2D eigenvalue weighted by Crippen LogP contribution is 2.32. The largest absolute Gasteiger partial charge is 0.376 e. The highest BCUT2D eigenvalue weighted by atomic mass is 35.5. The van der Waals surface area contributed by atoms with E-state index in [-0.39, 0.29) is 40.5 Å². The molecular formula is C15H17ClN2O5S. The van der Waals surface area contributed by atoms with Gasteiger partial charge in [0, 0.05) is 25.1 Å². The van der Waals surface area contributed by atoms with E-state index in [0.717, 1.165) is 12.8 Å². The molecular weight excluding hydrogens is 356 g/mol. The third-order valence-corrected chi connectivity index (χ3v) is 6.02. The van der Waals surface area contributed by atoms with E-state index in [9.17, 15) is 18.0 Å². The van der Waals surface area contributed by atoms with Crippen LogP contribution >= 0.6 is 11.6 Å². The fourth-order valence-corrected chi connectivity index (χ4v) is 4.49. The number of nitrogens with one attached hydrogen (secondary N) is 1. The van der Waals surface area contributed by atoms with Crippen molar-refractivity contribution in [2.24, 2.45) is 0 Å². The zero-order valence-corrected chi connectivity index (χ0v) is 14.4. The zero-order valence-electron chi connectivity index (χ0n) is 12.8. The fraction of sp³-hybridized carbons (Fsp3) is 0.467. The minimum Gasteiger partial charge on any atom is -0.376 e. The van der Waals surface area contributed by atoms with E-state index in [1.807, 2.05) is 0 Å². The van der Waals surface area contributed by atoms with Gasteiger partial charge < -0.3 is 10.1 Å². The molecule has 1 unspecified atom stereocenters. The van der Waals surface area contributed by atoms with Crippen molar-refractivity contribution in [2.75, 3.05) is 23.2 Å². The lowest BCUT2D eigenvalue weighted by Crippen LogP contribution is -2.32. The van der Waals surface area contributed by atoms with Gasteiger partial charge in [-0.3, -0.25) is 9.59 Å². The van der Waals surface area contributed by atoms with E-state index in [4.69, 9.17) is 16.3 Å². The number of rotatable bonds is 4. The Labute approximate surface area is 145 Å². The van der Waals surface area contributed by atoms with Crippen LogP contribution in [-0.4, -0.2) is 45.2 Å². The molecule has 1 aromatic carbocycles. The second-order valence-corrected chi connectivity index (χ2v) is 8.08. The van der Waals surface area contributed by atoms with Crippen LogP contribution in [0.3, 0.4) is 0 Å². The first-order valence-corrected chi connectivity index (χ1v) is 9.62. The Morgan fingerprint density at radius 3 is 2.83 bits per heavy atom. The summed E-state index contributed by atoms with van der Waals surface area (Å²) in [5.74, 6) is -1.17. The standard InChI is InChI=1S/C15H17ClN2O5S/c16-12-4-3-10(15(20)17-9-11-2-1-6-23-11)8-13(12)18-14(19)5-7-24(18,21)22/h3-4,8,11H,1-2,5-7,9H2,(H,17,20). The fourth-order valence-electron chi connectivity index (χ4n) is 2.77. The second-order valence-electron chi connectivity index (χ2n) is 5.74. The van der Waals surface area contributed by atoms with Crippen LogP contribution in [0, 0.1) is 0 Å². The van der Waals surface area contributed by atoms with Crippen molar-refractivity contribution in [1.29, 1.82) is 0 Å². The maximum absolute atomic E-state index is 12.3. The maximum atomic E-state index is 12.3. The molecule has 7 nitrogen and oxygen atoms in total. The minimum atomic E-state index is -3.73. The Hall–Kier alpha value is -1.64. The number of sulfonamides is 1. The van der Waals surface area contributed by atoms with Gasteiger partial charge in [-0.2, -0.15) is 0 Å². The predicted molar refractivity (Wildman–Crippen MR) is 88.6 cm³/mol. The first-order chi connectivity index (χ1) is 11.4. The molecule has 24 heavy (non-hydrogen) atoms. The van der Waals surface area contributed by atoms with Crippen molar-refractivity contribution in [3.8, 4) is 0 Å². The van der Waals surface area contributed by atoms with Gasteiger partial charge in [-0.1, -0.05) is 11.6 Å². The van der Waals surface area contributed by atoms with Crippen molar-refractivity contribution in [2.45, 2.75) is 25.4 Å². The first kappa shape index (κ1) is 17.2. The molecule has 9 heteroatoms. The Balaban J connectivity index is 1.80. The van der Waals surface area contributed by atoms with Gasteiger partial charge in [0.05, 0.1) is 22.6 Å². The van der Waals surface area contributed by atoms with Crippen molar-refractivity contribution < 1.29 is 22.7 Å². The number of carbonyl (C=O) groups is 2. The monoisotopic (exact) mass is 372 g/mol. The van der Waals surface area contributed by atoms with Gasteiger partial charge in [0.25, 0.3) is 5.91 Å². The number of halogens is 1. The number of hydrogen-bond donors (Lipinski definition) is 1. The van der Waals surface area contributed by atoms with Crippen LogP contribution < -0.4 is 9.62 Å². The number of benzene rings is 1. The van der Waals surface area contributed by atoms with Crippen molar-refractivity contribution >= 4 is 39.1 Å². The molecule has 130 valence electrons. The molecule has 2 amide bonds. The lowest BCUT2D eigenvalue weighted by atomic mass is 10.1. The topological polar surface area (TPSA) is 92.8 Å². The van der Waals surface area contributed by atoms with E-state index in [2.05, 4.69) is 5.32 Å². The molecule has 0 spiro atoms. The molecule has 3 rings (SSSR count). The van der Waals surface area contributed by atoms with Crippen LogP contribution in [0.5, 0.6) is 0 Å². The third kappa shape index (κ3) is 3.40. The van der Waals surface area contributed by atoms with E-state index in [1.165, 1.54) is 18.2 Å². The summed E-state index contributed by atoms with van der Waals surface area (Å²) >= 11 is 6.04. The Morgan fingerprint density at radius 1 is 1.42 bits per heavy atom. The molecule has 0 saturated carbocycles. The Kier molecular flexibility index (Phi) is 4.80. The number of nitrogens with zero attached hydrogens (tertiary/aromatic N) is 1. The summed E-state index contributed by atoms with van der Waals surface area (Å²) < 4.78 is 30.2. The van der Waals surface area contributed by atoms with Gasteiger partial charge in [0.1, 0.15) is 0 Å². The lowest BCUT2D eigenvalue weighted by Gasteiger charge is -2.17. The number of hydrogen-bond acceptors (Lipinski definition) is 5. The molecule has 2 fully saturated rings. The van der Waals surface area contributed by atoms with Crippen LogP contribution in [0.4, 0.5) is 5.69 Å². The van der Waals surface area contributed by atoms with Gasteiger partial charge in [-0.05, 0) is 31.0 Å². The van der Waals surface area contributed by atoms with Crippen LogP contribution in [-0.2, 0) is 19.6 Å². The number of carbonyl (C=O) groups excluding carboxylic acids is 2. The van der Waals surface area contributed by atoms with Gasteiger partial charge >= 0.3 is 0 Å². The van der Waals surface area contributed by atoms with Crippen LogP contribution in [0.15, 0.2) is 18.2 Å². The minimum absolute atomic E-state index is 0.00117. The summed E-state index contributed by atoms with van der Waals surface area (Å²) in [5, 5.41) is 2.85. The lowest BCUT2D eigenvalue weighted by molar-refractivity contribution is -0.116. The molecule has 1 aromatic rings. The first-order valence-electron chi connectivity index (χ1n) is 7.64. The molecule has 2 heterocycles. The van der Waals surface area contributed by atoms with Gasteiger partial charge in [0.15, 0.2) is 0 Å². The molecule has 0 aliphatic carbocycles. The van der Waals surface area contributed by atoms with Crippen LogP contribution in [0.2, 0.25) is 5.02 Å².